The van der Waals surface area contributed by atoms with Gasteiger partial charge < -0.3 is 14.6 Å². The number of rotatable bonds is 4. The maximum absolute atomic E-state index is 10.6. The second-order valence-corrected chi connectivity index (χ2v) is 1.92. The van der Waals surface area contributed by atoms with Gasteiger partial charge in [0.2, 0.25) is 0 Å². The number of methoxy groups -OCH3 is 1. The molecule has 0 aliphatic rings. The van der Waals surface area contributed by atoms with E-state index in [4.69, 9.17) is 5.11 Å². The highest BCUT2D eigenvalue weighted by Crippen LogP contribution is 1.93. The Balaban J connectivity index is 3.50. The summed E-state index contributed by atoms with van der Waals surface area (Å²) in [4.78, 5) is 21.0. The van der Waals surface area contributed by atoms with Crippen LogP contribution in [-0.4, -0.2) is 30.8 Å². The summed E-state index contributed by atoms with van der Waals surface area (Å²) in [6, 6.07) is 0. The number of ketones is 1. The van der Waals surface area contributed by atoms with Crippen molar-refractivity contribution >= 4 is 11.9 Å². The first-order valence-corrected chi connectivity index (χ1v) is 3.19. The third kappa shape index (κ3) is 4.32. The summed E-state index contributed by atoms with van der Waals surface area (Å²) in [6.45, 7) is 2.89. The van der Waals surface area contributed by atoms with Crippen LogP contribution in [-0.2, 0) is 14.3 Å². The molecular formula is C7H10O5. The van der Waals surface area contributed by atoms with E-state index in [0.29, 0.717) is 0 Å². The molecule has 0 saturated carbocycles. The van der Waals surface area contributed by atoms with Gasteiger partial charge in [-0.25, -0.2) is 4.79 Å². The summed E-state index contributed by atoms with van der Waals surface area (Å²) in [7, 11) is 1.16. The second-order valence-electron chi connectivity index (χ2n) is 1.92. The molecule has 0 aromatic rings. The van der Waals surface area contributed by atoms with Gasteiger partial charge in [-0.3, -0.25) is 4.79 Å². The van der Waals surface area contributed by atoms with E-state index in [0.717, 1.165) is 7.11 Å². The Morgan fingerprint density at radius 2 is 2.08 bits per heavy atom. The lowest BCUT2D eigenvalue weighted by Crippen LogP contribution is -2.10. The predicted molar refractivity (Wildman–Crippen MR) is 39.7 cm³/mol. The van der Waals surface area contributed by atoms with E-state index in [2.05, 4.69) is 16.1 Å². The van der Waals surface area contributed by atoms with E-state index in [1.54, 1.807) is 0 Å². The zero-order valence-corrected chi connectivity index (χ0v) is 6.70. The molecule has 1 N–H and O–H groups in total. The third-order valence-corrected chi connectivity index (χ3v) is 1.04. The fourth-order valence-corrected chi connectivity index (χ4v) is 0.430. The molecule has 0 fully saturated rings. The van der Waals surface area contributed by atoms with Crippen LogP contribution in [0.4, 0.5) is 4.79 Å². The molecule has 5 nitrogen and oxygen atoms in total. The first kappa shape index (κ1) is 10.5. The van der Waals surface area contributed by atoms with Crippen LogP contribution in [0.2, 0.25) is 0 Å². The van der Waals surface area contributed by atoms with E-state index in [9.17, 15) is 9.59 Å². The van der Waals surface area contributed by atoms with E-state index in [1.165, 1.54) is 0 Å². The SMILES string of the molecule is C=C(O)C(=O)CCOC(=O)OC. The highest BCUT2D eigenvalue weighted by molar-refractivity contribution is 5.92. The van der Waals surface area contributed by atoms with Crippen LogP contribution in [0, 0.1) is 0 Å². The Bertz CT molecular complexity index is 196. The van der Waals surface area contributed by atoms with Crippen molar-refractivity contribution in [2.75, 3.05) is 13.7 Å². The molecule has 68 valence electrons. The standard InChI is InChI=1S/C7H10O5/c1-5(8)6(9)3-4-12-7(10)11-2/h8H,1,3-4H2,2H3. The van der Waals surface area contributed by atoms with Crippen LogP contribution in [0.15, 0.2) is 12.3 Å². The molecule has 0 aliphatic heterocycles. The number of ether oxygens (including phenoxy) is 2. The summed E-state index contributed by atoms with van der Waals surface area (Å²) >= 11 is 0. The predicted octanol–water partition coefficient (Wildman–Crippen LogP) is 0.800. The molecule has 0 aromatic heterocycles. The lowest BCUT2D eigenvalue weighted by molar-refractivity contribution is -0.118. The van der Waals surface area contributed by atoms with Crippen LogP contribution in [0.3, 0.4) is 0 Å². The van der Waals surface area contributed by atoms with Crippen molar-refractivity contribution in [3.05, 3.63) is 12.3 Å². The Morgan fingerprint density at radius 1 is 1.50 bits per heavy atom. The maximum atomic E-state index is 10.6. The van der Waals surface area contributed by atoms with Crippen molar-refractivity contribution < 1.29 is 24.2 Å². The van der Waals surface area contributed by atoms with Crippen molar-refractivity contribution in [2.45, 2.75) is 6.42 Å². The van der Waals surface area contributed by atoms with Gasteiger partial charge in [-0.1, -0.05) is 6.58 Å². The van der Waals surface area contributed by atoms with Crippen LogP contribution >= 0.6 is 0 Å². The van der Waals surface area contributed by atoms with Crippen molar-refractivity contribution in [3.63, 3.8) is 0 Å². The molecule has 0 amide bonds. The molecule has 0 radical (unpaired) electrons. The molecule has 0 atom stereocenters. The van der Waals surface area contributed by atoms with Gasteiger partial charge in [-0.15, -0.1) is 0 Å². The number of hydrogen-bond donors (Lipinski definition) is 1. The van der Waals surface area contributed by atoms with Gasteiger partial charge in [-0.05, 0) is 0 Å². The molecule has 0 aliphatic carbocycles. The van der Waals surface area contributed by atoms with Crippen molar-refractivity contribution in [2.24, 2.45) is 0 Å². The first-order valence-electron chi connectivity index (χ1n) is 3.19. The van der Waals surface area contributed by atoms with Gasteiger partial charge >= 0.3 is 6.16 Å². The molecule has 0 rings (SSSR count). The quantitative estimate of drug-likeness (QED) is 0.387. The highest BCUT2D eigenvalue weighted by Gasteiger charge is 2.06. The second kappa shape index (κ2) is 5.17. The van der Waals surface area contributed by atoms with Gasteiger partial charge in [0.1, 0.15) is 6.61 Å². The van der Waals surface area contributed by atoms with Gasteiger partial charge in [0.15, 0.2) is 11.5 Å². The summed E-state index contributed by atoms with van der Waals surface area (Å²) < 4.78 is 8.51. The number of carbonyl (C=O) groups excluding carboxylic acids is 2. The fraction of sp³-hybridized carbons (Fsp3) is 0.429. The molecule has 0 spiro atoms. The minimum Gasteiger partial charge on any atom is -0.505 e. The summed E-state index contributed by atoms with van der Waals surface area (Å²) in [5, 5.41) is 8.53. The summed E-state index contributed by atoms with van der Waals surface area (Å²) in [5.74, 6) is -1.10. The van der Waals surface area contributed by atoms with Gasteiger partial charge in [0, 0.05) is 6.42 Å². The van der Waals surface area contributed by atoms with E-state index in [1.807, 2.05) is 0 Å². The topological polar surface area (TPSA) is 72.8 Å². The lowest BCUT2D eigenvalue weighted by atomic mass is 10.3. The Labute approximate surface area is 69.6 Å². The van der Waals surface area contributed by atoms with E-state index in [-0.39, 0.29) is 13.0 Å². The average Bonchev–Trinajstić information content (AvgIpc) is 2.03. The third-order valence-electron chi connectivity index (χ3n) is 1.04. The van der Waals surface area contributed by atoms with Gasteiger partial charge in [-0.2, -0.15) is 0 Å². The Hall–Kier alpha value is -1.52. The maximum Gasteiger partial charge on any atom is 0.507 e. The average molecular weight is 174 g/mol. The molecular weight excluding hydrogens is 164 g/mol. The van der Waals surface area contributed by atoms with E-state index >= 15 is 0 Å². The molecule has 0 heterocycles. The zero-order valence-electron chi connectivity index (χ0n) is 6.70. The lowest BCUT2D eigenvalue weighted by Gasteiger charge is -2.00. The molecule has 0 saturated heterocycles. The van der Waals surface area contributed by atoms with Crippen molar-refractivity contribution in [1.29, 1.82) is 0 Å². The molecule has 5 heteroatoms. The van der Waals surface area contributed by atoms with Crippen molar-refractivity contribution in [1.82, 2.24) is 0 Å². The fourth-order valence-electron chi connectivity index (χ4n) is 0.430. The van der Waals surface area contributed by atoms with Crippen LogP contribution in [0.25, 0.3) is 0 Å². The van der Waals surface area contributed by atoms with Gasteiger partial charge in [0.25, 0.3) is 0 Å². The molecule has 0 bridgehead atoms. The summed E-state index contributed by atoms with van der Waals surface area (Å²) in [6.07, 6.45) is -0.948. The number of carbonyl (C=O) groups is 2. The number of Topliss-reactive ketones (excluding diaryl/α,β-unsaturated/α-hetero) is 1. The number of aliphatic hydroxyl groups excluding tert-OH is 1. The van der Waals surface area contributed by atoms with Crippen LogP contribution in [0.1, 0.15) is 6.42 Å². The van der Waals surface area contributed by atoms with E-state index < -0.39 is 17.7 Å². The molecule has 0 aromatic carbocycles. The summed E-state index contributed by atoms with van der Waals surface area (Å²) in [5.41, 5.74) is 0. The number of allylic oxidation sites excluding steroid dienone is 1. The molecule has 12 heavy (non-hydrogen) atoms. The van der Waals surface area contributed by atoms with Crippen molar-refractivity contribution in [3.8, 4) is 0 Å². The van der Waals surface area contributed by atoms with Crippen LogP contribution < -0.4 is 0 Å². The minimum absolute atomic E-state index is 0.0928. The minimum atomic E-state index is -0.855. The normalized spacial score (nSPS) is 8.75. The van der Waals surface area contributed by atoms with Crippen LogP contribution in [0.5, 0.6) is 0 Å². The Kier molecular flexibility index (Phi) is 4.52. The first-order chi connectivity index (χ1) is 5.57. The Morgan fingerprint density at radius 3 is 2.50 bits per heavy atom. The molecule has 0 unspecified atom stereocenters. The number of aliphatic hydroxyl groups is 1. The number of hydrogen-bond acceptors (Lipinski definition) is 5. The largest absolute Gasteiger partial charge is 0.507 e. The van der Waals surface area contributed by atoms with Gasteiger partial charge in [0.05, 0.1) is 7.11 Å². The monoisotopic (exact) mass is 174 g/mol. The highest BCUT2D eigenvalue weighted by atomic mass is 16.7. The smallest absolute Gasteiger partial charge is 0.505 e. The zero-order chi connectivity index (χ0) is 9.56.